The summed E-state index contributed by atoms with van der Waals surface area (Å²) in [5.74, 6) is 0.870. The third-order valence-corrected chi connectivity index (χ3v) is 4.76. The van der Waals surface area contributed by atoms with Gasteiger partial charge in [0.2, 0.25) is 10.0 Å². The van der Waals surface area contributed by atoms with Gasteiger partial charge in [-0.05, 0) is 29.8 Å². The van der Waals surface area contributed by atoms with Gasteiger partial charge in [-0.3, -0.25) is 9.10 Å². The van der Waals surface area contributed by atoms with E-state index in [0.717, 1.165) is 16.1 Å². The normalized spacial score (nSPS) is 11.0. The molecule has 0 unspecified atom stereocenters. The van der Waals surface area contributed by atoms with Crippen molar-refractivity contribution in [2.75, 3.05) is 31.3 Å². The molecular formula is C18H21NO5S. The second kappa shape index (κ2) is 8.02. The zero-order chi connectivity index (χ0) is 18.4. The number of nitrogens with zero attached hydrogens (tertiary/aromatic N) is 1. The van der Waals surface area contributed by atoms with Crippen molar-refractivity contribution in [3.8, 4) is 11.5 Å². The molecule has 0 radical (unpaired) electrons. The highest BCUT2D eigenvalue weighted by molar-refractivity contribution is 7.92. The lowest BCUT2D eigenvalue weighted by atomic mass is 10.1. The van der Waals surface area contributed by atoms with Gasteiger partial charge < -0.3 is 9.47 Å². The molecule has 0 aromatic heterocycles. The number of methoxy groups -OCH3 is 2. The maximum Gasteiger partial charge on any atom is 0.232 e. The Morgan fingerprint density at radius 1 is 1.00 bits per heavy atom. The molecule has 0 fully saturated rings. The van der Waals surface area contributed by atoms with Crippen LogP contribution < -0.4 is 13.8 Å². The molecule has 0 saturated heterocycles. The lowest BCUT2D eigenvalue weighted by Crippen LogP contribution is -2.35. The van der Waals surface area contributed by atoms with Crippen molar-refractivity contribution in [1.29, 1.82) is 0 Å². The number of ketones is 1. The highest BCUT2D eigenvalue weighted by Gasteiger charge is 2.23. The Labute approximate surface area is 148 Å². The second-order valence-corrected chi connectivity index (χ2v) is 7.41. The van der Waals surface area contributed by atoms with Crippen LogP contribution in [0.4, 0.5) is 5.69 Å². The predicted octanol–water partition coefficient (Wildman–Crippen LogP) is 2.28. The SMILES string of the molecule is COc1ccc(CC(=O)CN(c2ccccc2OC)S(C)(=O)=O)cc1. The van der Waals surface area contributed by atoms with E-state index in [1.165, 1.54) is 7.11 Å². The first-order valence-electron chi connectivity index (χ1n) is 7.60. The monoisotopic (exact) mass is 363 g/mol. The van der Waals surface area contributed by atoms with Crippen LogP contribution in [0.2, 0.25) is 0 Å². The van der Waals surface area contributed by atoms with Gasteiger partial charge in [-0.1, -0.05) is 24.3 Å². The van der Waals surface area contributed by atoms with Crippen molar-refractivity contribution in [2.24, 2.45) is 0 Å². The first-order valence-corrected chi connectivity index (χ1v) is 9.45. The highest BCUT2D eigenvalue weighted by atomic mass is 32.2. The van der Waals surface area contributed by atoms with E-state index in [0.29, 0.717) is 17.2 Å². The fourth-order valence-electron chi connectivity index (χ4n) is 2.40. The van der Waals surface area contributed by atoms with E-state index in [9.17, 15) is 13.2 Å². The summed E-state index contributed by atoms with van der Waals surface area (Å²) >= 11 is 0. The van der Waals surface area contributed by atoms with Crippen LogP contribution in [-0.4, -0.2) is 41.2 Å². The molecule has 0 aliphatic rings. The van der Waals surface area contributed by atoms with Gasteiger partial charge >= 0.3 is 0 Å². The smallest absolute Gasteiger partial charge is 0.232 e. The molecule has 134 valence electrons. The summed E-state index contributed by atoms with van der Waals surface area (Å²) in [6, 6.07) is 13.8. The van der Waals surface area contributed by atoms with Gasteiger partial charge in [-0.2, -0.15) is 0 Å². The number of hydrogen-bond donors (Lipinski definition) is 0. The fourth-order valence-corrected chi connectivity index (χ4v) is 3.29. The number of ether oxygens (including phenoxy) is 2. The van der Waals surface area contributed by atoms with Crippen LogP contribution in [-0.2, 0) is 21.2 Å². The third-order valence-electron chi connectivity index (χ3n) is 3.63. The molecule has 0 aliphatic heterocycles. The highest BCUT2D eigenvalue weighted by Crippen LogP contribution is 2.29. The quantitative estimate of drug-likeness (QED) is 0.719. The van der Waals surface area contributed by atoms with Crippen molar-refractivity contribution >= 4 is 21.5 Å². The number of sulfonamides is 1. The summed E-state index contributed by atoms with van der Waals surface area (Å²) in [4.78, 5) is 12.4. The largest absolute Gasteiger partial charge is 0.497 e. The lowest BCUT2D eigenvalue weighted by Gasteiger charge is -2.23. The Morgan fingerprint density at radius 2 is 1.64 bits per heavy atom. The van der Waals surface area contributed by atoms with Gasteiger partial charge in [0.05, 0.1) is 32.7 Å². The summed E-state index contributed by atoms with van der Waals surface area (Å²) in [7, 11) is -0.612. The molecule has 0 heterocycles. The molecule has 0 saturated carbocycles. The molecule has 0 bridgehead atoms. The number of rotatable bonds is 8. The lowest BCUT2D eigenvalue weighted by molar-refractivity contribution is -0.117. The number of carbonyl (C=O) groups is 1. The van der Waals surface area contributed by atoms with Gasteiger partial charge in [-0.25, -0.2) is 8.42 Å². The summed E-state index contributed by atoms with van der Waals surface area (Å²) < 4.78 is 35.7. The number of para-hydroxylation sites is 2. The van der Waals surface area contributed by atoms with E-state index >= 15 is 0 Å². The summed E-state index contributed by atoms with van der Waals surface area (Å²) in [6.07, 6.45) is 1.20. The zero-order valence-electron chi connectivity index (χ0n) is 14.4. The van der Waals surface area contributed by atoms with Crippen LogP contribution in [0.3, 0.4) is 0 Å². The molecule has 25 heavy (non-hydrogen) atoms. The van der Waals surface area contributed by atoms with Crippen molar-refractivity contribution < 1.29 is 22.7 Å². The molecule has 2 aromatic carbocycles. The predicted molar refractivity (Wildman–Crippen MR) is 96.9 cm³/mol. The van der Waals surface area contributed by atoms with Crippen LogP contribution in [0.1, 0.15) is 5.56 Å². The standard InChI is InChI=1S/C18H21NO5S/c1-23-16-10-8-14(9-11-16)12-15(20)13-19(25(3,21)22)17-6-4-5-7-18(17)24-2/h4-11H,12-13H2,1-3H3. The van der Waals surface area contributed by atoms with Crippen molar-refractivity contribution in [2.45, 2.75) is 6.42 Å². The number of hydrogen-bond acceptors (Lipinski definition) is 5. The van der Waals surface area contributed by atoms with Crippen LogP contribution in [0.5, 0.6) is 11.5 Å². The van der Waals surface area contributed by atoms with E-state index < -0.39 is 10.0 Å². The molecule has 0 N–H and O–H groups in total. The fraction of sp³-hybridized carbons (Fsp3) is 0.278. The van der Waals surface area contributed by atoms with Crippen LogP contribution >= 0.6 is 0 Å². The van der Waals surface area contributed by atoms with E-state index in [1.807, 2.05) is 0 Å². The first kappa shape index (κ1) is 18.8. The zero-order valence-corrected chi connectivity index (χ0v) is 15.2. The molecule has 0 spiro atoms. The number of anilines is 1. The Balaban J connectivity index is 2.21. The molecule has 0 amide bonds. The maximum absolute atomic E-state index is 12.4. The Hall–Kier alpha value is -2.54. The molecular weight excluding hydrogens is 342 g/mol. The summed E-state index contributed by atoms with van der Waals surface area (Å²) in [5, 5.41) is 0. The Bertz CT molecular complexity index is 831. The number of carbonyl (C=O) groups excluding carboxylic acids is 1. The van der Waals surface area contributed by atoms with Crippen LogP contribution in [0, 0.1) is 0 Å². The van der Waals surface area contributed by atoms with E-state index in [1.54, 1.807) is 55.6 Å². The van der Waals surface area contributed by atoms with Gasteiger partial charge in [0.1, 0.15) is 11.5 Å². The molecule has 7 heteroatoms. The number of Topliss-reactive ketones (excluding diaryl/α,β-unsaturated/α-hetero) is 1. The average Bonchev–Trinajstić information content (AvgIpc) is 2.59. The van der Waals surface area contributed by atoms with Gasteiger partial charge in [0.25, 0.3) is 0 Å². The Kier molecular flexibility index (Phi) is 6.03. The van der Waals surface area contributed by atoms with Gasteiger partial charge in [0.15, 0.2) is 5.78 Å². The van der Waals surface area contributed by atoms with Gasteiger partial charge in [-0.15, -0.1) is 0 Å². The van der Waals surface area contributed by atoms with Crippen molar-refractivity contribution in [1.82, 2.24) is 0 Å². The molecule has 0 atom stereocenters. The minimum atomic E-state index is -3.64. The molecule has 0 aliphatic carbocycles. The maximum atomic E-state index is 12.4. The molecule has 2 rings (SSSR count). The summed E-state index contributed by atoms with van der Waals surface area (Å²) in [5.41, 5.74) is 1.13. The average molecular weight is 363 g/mol. The molecule has 6 nitrogen and oxygen atoms in total. The summed E-state index contributed by atoms with van der Waals surface area (Å²) in [6.45, 7) is -0.259. The third kappa shape index (κ3) is 4.96. The van der Waals surface area contributed by atoms with E-state index in [2.05, 4.69) is 0 Å². The van der Waals surface area contributed by atoms with Crippen molar-refractivity contribution in [3.63, 3.8) is 0 Å². The first-order chi connectivity index (χ1) is 11.8. The minimum absolute atomic E-state index is 0.130. The number of benzene rings is 2. The van der Waals surface area contributed by atoms with Crippen molar-refractivity contribution in [3.05, 3.63) is 54.1 Å². The van der Waals surface area contributed by atoms with E-state index in [-0.39, 0.29) is 18.7 Å². The van der Waals surface area contributed by atoms with Crippen LogP contribution in [0.25, 0.3) is 0 Å². The Morgan fingerprint density at radius 3 is 2.20 bits per heavy atom. The van der Waals surface area contributed by atoms with E-state index in [4.69, 9.17) is 9.47 Å². The topological polar surface area (TPSA) is 72.9 Å². The van der Waals surface area contributed by atoms with Crippen LogP contribution in [0.15, 0.2) is 48.5 Å². The second-order valence-electron chi connectivity index (χ2n) is 5.51. The molecule has 2 aromatic rings. The van der Waals surface area contributed by atoms with Gasteiger partial charge in [0, 0.05) is 6.42 Å². The minimum Gasteiger partial charge on any atom is -0.497 e.